The summed E-state index contributed by atoms with van der Waals surface area (Å²) in [6.45, 7) is 7.13. The lowest BCUT2D eigenvalue weighted by Gasteiger charge is -2.13. The van der Waals surface area contributed by atoms with Gasteiger partial charge in [0.1, 0.15) is 5.75 Å². The van der Waals surface area contributed by atoms with Crippen molar-refractivity contribution in [2.24, 2.45) is 0 Å². The van der Waals surface area contributed by atoms with Gasteiger partial charge in [0, 0.05) is 0 Å². The average molecular weight is 222 g/mol. The topological polar surface area (TPSA) is 29.5 Å². The summed E-state index contributed by atoms with van der Waals surface area (Å²) in [6.07, 6.45) is 3.54. The molecule has 0 saturated carbocycles. The van der Waals surface area contributed by atoms with Gasteiger partial charge in [-0.2, -0.15) is 0 Å². The number of unbranched alkanes of at least 4 members (excludes halogenated alkanes) is 2. The summed E-state index contributed by atoms with van der Waals surface area (Å²) in [5.74, 6) is 0.980. The quantitative estimate of drug-likeness (QED) is 0.748. The number of aliphatic hydroxyl groups is 1. The Bertz CT molecular complexity index is 309. The smallest absolute Gasteiger partial charge is 0.125 e. The van der Waals surface area contributed by atoms with Gasteiger partial charge >= 0.3 is 0 Å². The summed E-state index contributed by atoms with van der Waals surface area (Å²) in [4.78, 5) is 0. The van der Waals surface area contributed by atoms with Gasteiger partial charge in [-0.15, -0.1) is 0 Å². The van der Waals surface area contributed by atoms with E-state index in [4.69, 9.17) is 9.84 Å². The molecule has 1 aromatic carbocycles. The van der Waals surface area contributed by atoms with E-state index in [0.29, 0.717) is 0 Å². The van der Waals surface area contributed by atoms with Crippen molar-refractivity contribution in [3.63, 3.8) is 0 Å². The molecule has 0 radical (unpaired) electrons. The van der Waals surface area contributed by atoms with Crippen molar-refractivity contribution in [3.05, 3.63) is 28.8 Å². The molecule has 0 aliphatic carbocycles. The third-order valence-corrected chi connectivity index (χ3v) is 2.70. The van der Waals surface area contributed by atoms with Crippen LogP contribution in [0.25, 0.3) is 0 Å². The molecule has 0 spiro atoms. The zero-order chi connectivity index (χ0) is 12.0. The highest BCUT2D eigenvalue weighted by atomic mass is 16.5. The van der Waals surface area contributed by atoms with E-state index in [1.807, 2.05) is 26.0 Å². The number of aryl methyl sites for hydroxylation is 2. The molecule has 0 aliphatic heterocycles. The molecule has 2 nitrogen and oxygen atoms in total. The lowest BCUT2D eigenvalue weighted by molar-refractivity contribution is 0.280. The third-order valence-electron chi connectivity index (χ3n) is 2.70. The monoisotopic (exact) mass is 222 g/mol. The number of benzene rings is 1. The first-order valence-electron chi connectivity index (χ1n) is 6.02. The van der Waals surface area contributed by atoms with Gasteiger partial charge in [-0.1, -0.05) is 31.9 Å². The molecule has 1 N–H and O–H groups in total. The van der Waals surface area contributed by atoms with Gasteiger partial charge in [0.05, 0.1) is 13.2 Å². The number of rotatable bonds is 6. The Balaban J connectivity index is 2.65. The number of hydrogen-bond acceptors (Lipinski definition) is 2. The number of aliphatic hydroxyl groups excluding tert-OH is 1. The summed E-state index contributed by atoms with van der Waals surface area (Å²) in [5.41, 5.74) is 3.18. The molecule has 0 unspecified atom stereocenters. The van der Waals surface area contributed by atoms with Crippen molar-refractivity contribution < 1.29 is 9.84 Å². The molecule has 1 aromatic rings. The summed E-state index contributed by atoms with van der Waals surface area (Å²) in [6, 6.07) is 3.98. The van der Waals surface area contributed by atoms with E-state index in [2.05, 4.69) is 6.92 Å². The highest BCUT2D eigenvalue weighted by Crippen LogP contribution is 2.25. The molecule has 0 aliphatic rings. The van der Waals surface area contributed by atoms with Crippen molar-refractivity contribution >= 4 is 0 Å². The fraction of sp³-hybridized carbons (Fsp3) is 0.571. The Morgan fingerprint density at radius 3 is 2.25 bits per heavy atom. The molecule has 90 valence electrons. The van der Waals surface area contributed by atoms with Crippen LogP contribution in [-0.2, 0) is 6.61 Å². The second-order valence-corrected chi connectivity index (χ2v) is 4.27. The van der Waals surface area contributed by atoms with Crippen LogP contribution in [0.2, 0.25) is 0 Å². The van der Waals surface area contributed by atoms with Crippen LogP contribution < -0.4 is 4.74 Å². The Morgan fingerprint density at radius 1 is 1.12 bits per heavy atom. The maximum Gasteiger partial charge on any atom is 0.125 e. The molecule has 0 heterocycles. The Hall–Kier alpha value is -1.02. The number of hydrogen-bond donors (Lipinski definition) is 1. The van der Waals surface area contributed by atoms with Crippen LogP contribution in [0.1, 0.15) is 42.9 Å². The van der Waals surface area contributed by atoms with E-state index in [9.17, 15) is 0 Å². The molecule has 0 fully saturated rings. The highest BCUT2D eigenvalue weighted by molar-refractivity contribution is 5.43. The van der Waals surface area contributed by atoms with Crippen LogP contribution in [0.4, 0.5) is 0 Å². The predicted octanol–water partition coefficient (Wildman–Crippen LogP) is 3.36. The van der Waals surface area contributed by atoms with E-state index < -0.39 is 0 Å². The van der Waals surface area contributed by atoms with E-state index in [-0.39, 0.29) is 6.61 Å². The first kappa shape index (κ1) is 13.0. The van der Waals surface area contributed by atoms with Crippen molar-refractivity contribution in [2.45, 2.75) is 46.6 Å². The third kappa shape index (κ3) is 3.53. The van der Waals surface area contributed by atoms with Gasteiger partial charge < -0.3 is 9.84 Å². The molecular weight excluding hydrogens is 200 g/mol. The van der Waals surface area contributed by atoms with Gasteiger partial charge in [0.2, 0.25) is 0 Å². The van der Waals surface area contributed by atoms with Crippen molar-refractivity contribution in [1.82, 2.24) is 0 Å². The Morgan fingerprint density at radius 2 is 1.75 bits per heavy atom. The predicted molar refractivity (Wildman–Crippen MR) is 66.9 cm³/mol. The van der Waals surface area contributed by atoms with Crippen LogP contribution in [0.15, 0.2) is 12.1 Å². The zero-order valence-corrected chi connectivity index (χ0v) is 10.5. The SMILES string of the molecule is CCCCCOc1c(C)cc(CO)cc1C. The normalized spacial score (nSPS) is 10.5. The Kier molecular flexibility index (Phi) is 5.33. The summed E-state index contributed by atoms with van der Waals surface area (Å²) < 4.78 is 5.79. The van der Waals surface area contributed by atoms with Gasteiger partial charge in [0.25, 0.3) is 0 Å². The standard InChI is InChI=1S/C14H22O2/c1-4-5-6-7-16-14-11(2)8-13(10-15)9-12(14)3/h8-9,15H,4-7,10H2,1-3H3. The lowest BCUT2D eigenvalue weighted by Crippen LogP contribution is -2.01. The minimum atomic E-state index is 0.0950. The fourth-order valence-corrected chi connectivity index (χ4v) is 1.89. The van der Waals surface area contributed by atoms with Crippen LogP contribution >= 0.6 is 0 Å². The maximum absolute atomic E-state index is 9.08. The minimum Gasteiger partial charge on any atom is -0.493 e. The van der Waals surface area contributed by atoms with Gasteiger partial charge in [-0.3, -0.25) is 0 Å². The van der Waals surface area contributed by atoms with Gasteiger partial charge in [-0.05, 0) is 37.0 Å². The molecule has 0 aromatic heterocycles. The highest BCUT2D eigenvalue weighted by Gasteiger charge is 2.05. The molecule has 0 saturated heterocycles. The van der Waals surface area contributed by atoms with E-state index in [1.54, 1.807) is 0 Å². The minimum absolute atomic E-state index is 0.0950. The number of ether oxygens (including phenoxy) is 1. The van der Waals surface area contributed by atoms with Crippen LogP contribution in [0.3, 0.4) is 0 Å². The van der Waals surface area contributed by atoms with E-state index in [1.165, 1.54) is 12.8 Å². The molecule has 1 rings (SSSR count). The molecular formula is C14H22O2. The molecule has 0 atom stereocenters. The van der Waals surface area contributed by atoms with E-state index in [0.717, 1.165) is 35.5 Å². The van der Waals surface area contributed by atoms with Crippen molar-refractivity contribution in [1.29, 1.82) is 0 Å². The molecule has 16 heavy (non-hydrogen) atoms. The van der Waals surface area contributed by atoms with Gasteiger partial charge in [0.15, 0.2) is 0 Å². The van der Waals surface area contributed by atoms with Crippen LogP contribution in [-0.4, -0.2) is 11.7 Å². The maximum atomic E-state index is 9.08. The van der Waals surface area contributed by atoms with Crippen molar-refractivity contribution in [2.75, 3.05) is 6.61 Å². The fourth-order valence-electron chi connectivity index (χ4n) is 1.89. The van der Waals surface area contributed by atoms with Crippen molar-refractivity contribution in [3.8, 4) is 5.75 Å². The van der Waals surface area contributed by atoms with Crippen LogP contribution in [0, 0.1) is 13.8 Å². The van der Waals surface area contributed by atoms with Crippen LogP contribution in [0.5, 0.6) is 5.75 Å². The second-order valence-electron chi connectivity index (χ2n) is 4.27. The lowest BCUT2D eigenvalue weighted by atomic mass is 10.1. The average Bonchev–Trinajstić information content (AvgIpc) is 2.26. The van der Waals surface area contributed by atoms with E-state index >= 15 is 0 Å². The zero-order valence-electron chi connectivity index (χ0n) is 10.5. The second kappa shape index (κ2) is 6.54. The Labute approximate surface area is 98.3 Å². The molecule has 0 bridgehead atoms. The largest absolute Gasteiger partial charge is 0.493 e. The van der Waals surface area contributed by atoms with Gasteiger partial charge in [-0.25, -0.2) is 0 Å². The first-order chi connectivity index (χ1) is 7.69. The molecule has 2 heteroatoms. The molecule has 0 amide bonds. The first-order valence-corrected chi connectivity index (χ1v) is 6.02. The summed E-state index contributed by atoms with van der Waals surface area (Å²) >= 11 is 0. The summed E-state index contributed by atoms with van der Waals surface area (Å²) in [5, 5.41) is 9.08. The summed E-state index contributed by atoms with van der Waals surface area (Å²) in [7, 11) is 0.